The van der Waals surface area contributed by atoms with Crippen molar-refractivity contribution in [3.8, 4) is 6.07 Å². The minimum Gasteiger partial charge on any atom is -0.463 e. The number of aliphatic hydroxyl groups excluding tert-OH is 2. The lowest BCUT2D eigenvalue weighted by molar-refractivity contribution is -0.155. The largest absolute Gasteiger partial charge is 0.463 e. The van der Waals surface area contributed by atoms with E-state index in [4.69, 9.17) is 17.9 Å². The Morgan fingerprint density at radius 3 is 2.89 bits per heavy atom. The number of esters is 1. The molecule has 3 rings (SSSR count). The lowest BCUT2D eigenvalue weighted by Crippen LogP contribution is -2.41. The van der Waals surface area contributed by atoms with Crippen molar-refractivity contribution in [2.24, 2.45) is 5.92 Å². The average molecular weight is 391 g/mol. The van der Waals surface area contributed by atoms with E-state index in [1.165, 1.54) is 16.6 Å². The zero-order chi connectivity index (χ0) is 22.3. The average Bonchev–Trinajstić information content (AvgIpc) is 3.24. The van der Waals surface area contributed by atoms with Crippen LogP contribution in [0, 0.1) is 17.2 Å². The fourth-order valence-electron chi connectivity index (χ4n) is 3.26. The number of anilines is 1. The van der Waals surface area contributed by atoms with E-state index in [1.54, 1.807) is 13.8 Å². The van der Waals surface area contributed by atoms with E-state index in [2.05, 4.69) is 10.1 Å². The van der Waals surface area contributed by atoms with Gasteiger partial charge in [-0.15, -0.1) is 0 Å². The van der Waals surface area contributed by atoms with Gasteiger partial charge in [-0.1, -0.05) is 13.8 Å². The van der Waals surface area contributed by atoms with E-state index < -0.39 is 42.4 Å². The Bertz CT molecular complexity index is 989. The zero-order valence-electron chi connectivity index (χ0n) is 17.4. The van der Waals surface area contributed by atoms with Crippen molar-refractivity contribution in [1.82, 2.24) is 14.6 Å². The number of nitriles is 1. The number of nitrogen functional groups attached to an aromatic ring is 1. The Kier molecular flexibility index (Phi) is 4.78. The van der Waals surface area contributed by atoms with Crippen LogP contribution < -0.4 is 5.73 Å². The molecule has 3 heterocycles. The van der Waals surface area contributed by atoms with Gasteiger partial charge in [0, 0.05) is 0 Å². The van der Waals surface area contributed by atoms with Gasteiger partial charge in [-0.05, 0) is 25.0 Å². The number of carbonyl (C=O) groups is 1. The summed E-state index contributed by atoms with van der Waals surface area (Å²) in [7, 11) is 0. The lowest BCUT2D eigenvalue weighted by Gasteiger charge is -2.24. The first kappa shape index (κ1) is 17.4. The van der Waals surface area contributed by atoms with Gasteiger partial charge in [0.25, 0.3) is 0 Å². The molecule has 10 heteroatoms. The van der Waals surface area contributed by atoms with Crippen LogP contribution in [0.3, 0.4) is 0 Å². The summed E-state index contributed by atoms with van der Waals surface area (Å²) in [6.45, 7) is 0.725. The van der Waals surface area contributed by atoms with Crippen molar-refractivity contribution in [3.63, 3.8) is 0 Å². The van der Waals surface area contributed by atoms with Crippen LogP contribution in [-0.4, -0.2) is 55.7 Å². The summed E-state index contributed by atoms with van der Waals surface area (Å²) in [6.07, 6.45) is -3.51. The van der Waals surface area contributed by atoms with Crippen molar-refractivity contribution in [1.29, 1.82) is 5.26 Å². The molecule has 2 aromatic heterocycles. The smallest absolute Gasteiger partial charge is 0.309 e. The van der Waals surface area contributed by atoms with Gasteiger partial charge in [-0.2, -0.15) is 10.4 Å². The van der Waals surface area contributed by atoms with E-state index in [-0.39, 0.29) is 11.5 Å². The van der Waals surface area contributed by atoms with Crippen LogP contribution in [0.15, 0.2) is 18.5 Å². The Labute approximate surface area is 164 Å². The van der Waals surface area contributed by atoms with E-state index in [0.29, 0.717) is 18.4 Å². The number of hydrogen-bond donors (Lipinski definition) is 3. The summed E-state index contributed by atoms with van der Waals surface area (Å²) in [5.41, 5.74) is 3.96. The molecule has 28 heavy (non-hydrogen) atoms. The Hall–Kier alpha value is -2.74. The second-order valence-corrected chi connectivity index (χ2v) is 6.53. The highest BCUT2D eigenvalue weighted by Gasteiger charge is 2.57. The number of aromatic nitrogens is 3. The topological polar surface area (TPSA) is 156 Å². The number of aliphatic hydroxyl groups is 2. The number of rotatable bonds is 6. The molecule has 0 spiro atoms. The Morgan fingerprint density at radius 1 is 1.54 bits per heavy atom. The molecule has 4 atom stereocenters. The summed E-state index contributed by atoms with van der Waals surface area (Å²) in [5, 5.41) is 35.1. The number of hydrogen-bond acceptors (Lipinski definition) is 9. The van der Waals surface area contributed by atoms with Crippen LogP contribution in [0.1, 0.15) is 35.1 Å². The van der Waals surface area contributed by atoms with Gasteiger partial charge in [-0.3, -0.25) is 4.79 Å². The molecule has 0 amide bonds. The minimum atomic E-state index is -2.81. The van der Waals surface area contributed by atoms with Crippen molar-refractivity contribution in [2.75, 3.05) is 12.3 Å². The van der Waals surface area contributed by atoms with E-state index in [0.717, 1.165) is 6.33 Å². The van der Waals surface area contributed by atoms with Crippen LogP contribution in [0.4, 0.5) is 5.82 Å². The zero-order valence-corrected chi connectivity index (χ0v) is 15.4. The molecule has 0 aromatic carbocycles. The van der Waals surface area contributed by atoms with Gasteiger partial charge >= 0.3 is 5.97 Å². The number of ether oxygens (including phenoxy) is 2. The molecule has 1 aliphatic rings. The number of fused-ring (bicyclic) bond motifs is 1. The van der Waals surface area contributed by atoms with Crippen LogP contribution >= 0.6 is 0 Å². The highest BCUT2D eigenvalue weighted by molar-refractivity contribution is 5.72. The molecule has 0 bridgehead atoms. The maximum absolute atomic E-state index is 12.3. The molecule has 4 N–H and O–H groups in total. The van der Waals surface area contributed by atoms with Crippen LogP contribution in [0.2, 0.25) is 0 Å². The molecule has 0 aliphatic carbocycles. The standard InChI is InChI=1S/C18H23N5O5/c1-3-10(4-2)17(26)27-7-12-14(24)15(25)18(8-19,28-12)13-6-5-11-16(20)21-9-22-23(11)13/h5-6,9-10,12,14-15,24-25H,3-4,7H2,1-2H3,(H2,20,21,22)/t12-,14-,15-,18+/m1/s1/i7D2. The van der Waals surface area contributed by atoms with Gasteiger partial charge in [-0.25, -0.2) is 9.50 Å². The highest BCUT2D eigenvalue weighted by atomic mass is 16.6. The molecular weight excluding hydrogens is 366 g/mol. The Balaban J connectivity index is 1.99. The van der Waals surface area contributed by atoms with Crippen molar-refractivity contribution in [2.45, 2.75) is 50.6 Å². The van der Waals surface area contributed by atoms with Gasteiger partial charge in [0.1, 0.15) is 42.8 Å². The first-order chi connectivity index (χ1) is 14.1. The van der Waals surface area contributed by atoms with Crippen LogP contribution in [0.5, 0.6) is 0 Å². The lowest BCUT2D eigenvalue weighted by atomic mass is 9.92. The quantitative estimate of drug-likeness (QED) is 0.582. The molecule has 1 fully saturated rings. The summed E-state index contributed by atoms with van der Waals surface area (Å²) < 4.78 is 28.1. The first-order valence-corrected chi connectivity index (χ1v) is 8.89. The highest BCUT2D eigenvalue weighted by Crippen LogP contribution is 2.40. The predicted octanol–water partition coefficient (Wildman–Crippen LogP) is 0.130. The van der Waals surface area contributed by atoms with E-state index in [9.17, 15) is 20.3 Å². The van der Waals surface area contributed by atoms with Crippen molar-refractivity contribution >= 4 is 17.3 Å². The van der Waals surface area contributed by atoms with Gasteiger partial charge in [0.15, 0.2) is 5.82 Å². The molecule has 0 saturated carbocycles. The third-order valence-electron chi connectivity index (χ3n) is 4.99. The second-order valence-electron chi connectivity index (χ2n) is 6.53. The van der Waals surface area contributed by atoms with Crippen molar-refractivity contribution < 1.29 is 27.2 Å². The number of carbonyl (C=O) groups excluding carboxylic acids is 1. The summed E-state index contributed by atoms with van der Waals surface area (Å²) in [6, 6.07) is 4.72. The molecule has 1 aliphatic heterocycles. The van der Waals surface area contributed by atoms with Crippen LogP contribution in [0.25, 0.3) is 5.52 Å². The predicted molar refractivity (Wildman–Crippen MR) is 96.6 cm³/mol. The fraction of sp³-hybridized carbons (Fsp3) is 0.556. The molecule has 10 nitrogen and oxygen atoms in total. The summed E-state index contributed by atoms with van der Waals surface area (Å²) in [4.78, 5) is 16.1. The summed E-state index contributed by atoms with van der Waals surface area (Å²) >= 11 is 0. The maximum Gasteiger partial charge on any atom is 0.309 e. The third-order valence-corrected chi connectivity index (χ3v) is 4.99. The van der Waals surface area contributed by atoms with Gasteiger partial charge in [0.05, 0.1) is 14.4 Å². The minimum absolute atomic E-state index is 0.0188. The third kappa shape index (κ3) is 3.07. The first-order valence-electron chi connectivity index (χ1n) is 9.89. The second kappa shape index (κ2) is 7.71. The fourth-order valence-corrected chi connectivity index (χ4v) is 3.26. The molecular formula is C18H23N5O5. The molecule has 1 saturated heterocycles. The number of nitrogens with zero attached hydrogens (tertiary/aromatic N) is 4. The Morgan fingerprint density at radius 2 is 2.25 bits per heavy atom. The number of nitrogens with two attached hydrogens (primary N) is 1. The normalized spacial score (nSPS) is 28.8. The molecule has 150 valence electrons. The SMILES string of the molecule is [2H]C([2H])(OC(=O)C(CC)CC)[C@H]1O[C@@](C#N)(c2ccc3c(N)ncnn23)[C@H](O)[C@@H]1O. The van der Waals surface area contributed by atoms with E-state index >= 15 is 0 Å². The van der Waals surface area contributed by atoms with Crippen molar-refractivity contribution in [3.05, 3.63) is 24.2 Å². The monoisotopic (exact) mass is 391 g/mol. The van der Waals surface area contributed by atoms with E-state index in [1.807, 2.05) is 6.07 Å². The van der Waals surface area contributed by atoms with Gasteiger partial charge < -0.3 is 25.4 Å². The molecule has 0 radical (unpaired) electrons. The molecule has 0 unspecified atom stereocenters. The molecule has 2 aromatic rings. The van der Waals surface area contributed by atoms with Crippen LogP contribution in [-0.2, 0) is 19.9 Å². The van der Waals surface area contributed by atoms with Gasteiger partial charge in [0.2, 0.25) is 5.60 Å². The maximum atomic E-state index is 12.3. The summed E-state index contributed by atoms with van der Waals surface area (Å²) in [5.74, 6) is -1.21.